The Bertz CT molecular complexity index is 1470. The second-order valence-electron chi connectivity index (χ2n) is 8.38. The predicted molar refractivity (Wildman–Crippen MR) is 137 cm³/mol. The van der Waals surface area contributed by atoms with Gasteiger partial charge in [0.25, 0.3) is 0 Å². The fourth-order valence-electron chi connectivity index (χ4n) is 4.55. The summed E-state index contributed by atoms with van der Waals surface area (Å²) in [5, 5.41) is 10.0. The molecule has 5 aromatic rings. The van der Waals surface area contributed by atoms with Crippen LogP contribution in [-0.2, 0) is 13.1 Å². The van der Waals surface area contributed by atoms with Crippen molar-refractivity contribution in [2.24, 2.45) is 0 Å². The molecule has 0 aliphatic heterocycles. The lowest BCUT2D eigenvalue weighted by molar-refractivity contribution is 0.414. The molecule has 0 unspecified atom stereocenters. The summed E-state index contributed by atoms with van der Waals surface area (Å²) in [4.78, 5) is 4.90. The van der Waals surface area contributed by atoms with Gasteiger partial charge in [-0.15, -0.1) is 0 Å². The summed E-state index contributed by atoms with van der Waals surface area (Å²) in [5.41, 5.74) is 6.79. The predicted octanol–water partition coefficient (Wildman–Crippen LogP) is 6.12. The average Bonchev–Trinajstić information content (AvgIpc) is 3.22. The molecule has 2 aromatic heterocycles. The molecule has 34 heavy (non-hydrogen) atoms. The number of hydrogen-bond acceptors (Lipinski definition) is 3. The van der Waals surface area contributed by atoms with Gasteiger partial charge in [-0.1, -0.05) is 79.7 Å². The van der Waals surface area contributed by atoms with Crippen molar-refractivity contribution in [1.82, 2.24) is 14.1 Å². The highest BCUT2D eigenvalue weighted by molar-refractivity contribution is 6.02. The lowest BCUT2D eigenvalue weighted by Gasteiger charge is -2.13. The summed E-state index contributed by atoms with van der Waals surface area (Å²) in [6, 6.07) is 28.9. The van der Waals surface area contributed by atoms with Crippen LogP contribution >= 0.6 is 0 Å². The first-order chi connectivity index (χ1) is 16.7. The van der Waals surface area contributed by atoms with Gasteiger partial charge in [0.2, 0.25) is 0 Å². The molecule has 0 fully saturated rings. The maximum Gasteiger partial charge on any atom is 0.146 e. The number of rotatable bonds is 7. The van der Waals surface area contributed by atoms with Gasteiger partial charge in [0, 0.05) is 18.7 Å². The van der Waals surface area contributed by atoms with Crippen LogP contribution in [0.4, 0.5) is 0 Å². The van der Waals surface area contributed by atoms with E-state index in [9.17, 15) is 0 Å². The number of nitrogens with zero attached hydrogens (tertiary/aromatic N) is 3. The van der Waals surface area contributed by atoms with Gasteiger partial charge >= 0.3 is 0 Å². The van der Waals surface area contributed by atoms with Crippen molar-refractivity contribution in [2.45, 2.75) is 26.4 Å². The summed E-state index contributed by atoms with van der Waals surface area (Å²) in [6.45, 7) is 3.53. The Morgan fingerprint density at radius 1 is 0.853 bits per heavy atom. The number of nitrogens with one attached hydrogen (secondary N) is 1. The third-order valence-corrected chi connectivity index (χ3v) is 6.15. The van der Waals surface area contributed by atoms with Crippen LogP contribution in [0.3, 0.4) is 0 Å². The Balaban J connectivity index is 1.85. The van der Waals surface area contributed by atoms with E-state index in [4.69, 9.17) is 15.1 Å². The SMILES string of the molecule is CCCn1cnc2c(c(-c3ccccc3)c(-c3ccccc3)n2Cc2ccc(OC)cc2)c1=N. The van der Waals surface area contributed by atoms with Gasteiger partial charge in [0.15, 0.2) is 0 Å². The van der Waals surface area contributed by atoms with Crippen molar-refractivity contribution in [1.29, 1.82) is 5.41 Å². The summed E-state index contributed by atoms with van der Waals surface area (Å²) in [5.74, 6) is 0.835. The topological polar surface area (TPSA) is 55.8 Å². The number of hydrogen-bond donors (Lipinski definition) is 1. The lowest BCUT2D eigenvalue weighted by Crippen LogP contribution is -2.21. The molecule has 170 valence electrons. The minimum atomic E-state index is 0.497. The van der Waals surface area contributed by atoms with E-state index >= 15 is 0 Å². The normalized spacial score (nSPS) is 11.1. The van der Waals surface area contributed by atoms with Crippen molar-refractivity contribution >= 4 is 11.0 Å². The van der Waals surface area contributed by atoms with E-state index in [-0.39, 0.29) is 0 Å². The molecular formula is C29H28N4O. The van der Waals surface area contributed by atoms with Gasteiger partial charge in [-0.25, -0.2) is 4.98 Å². The highest BCUT2D eigenvalue weighted by Gasteiger charge is 2.23. The van der Waals surface area contributed by atoms with E-state index in [0.29, 0.717) is 12.0 Å². The molecule has 2 heterocycles. The molecule has 0 saturated carbocycles. The van der Waals surface area contributed by atoms with Crippen LogP contribution in [0.5, 0.6) is 5.75 Å². The molecule has 0 saturated heterocycles. The van der Waals surface area contributed by atoms with Gasteiger partial charge in [0.05, 0.1) is 24.5 Å². The molecule has 5 rings (SSSR count). The molecule has 0 atom stereocenters. The van der Waals surface area contributed by atoms with Crippen molar-refractivity contribution in [3.05, 3.63) is 102 Å². The first-order valence-electron chi connectivity index (χ1n) is 11.6. The molecule has 3 aromatic carbocycles. The maximum absolute atomic E-state index is 9.13. The van der Waals surface area contributed by atoms with Crippen molar-refractivity contribution in [3.8, 4) is 28.1 Å². The number of aryl methyl sites for hydroxylation is 1. The first kappa shape index (κ1) is 21.7. The smallest absolute Gasteiger partial charge is 0.146 e. The maximum atomic E-state index is 9.13. The summed E-state index contributed by atoms with van der Waals surface area (Å²) >= 11 is 0. The average molecular weight is 449 g/mol. The number of aromatic nitrogens is 3. The second-order valence-corrected chi connectivity index (χ2v) is 8.38. The standard InChI is InChI=1S/C29H28N4O/c1-3-18-32-20-31-29-26(28(32)30)25(22-10-6-4-7-11-22)27(23-12-8-5-9-13-23)33(29)19-21-14-16-24(34-2)17-15-21/h4-17,20,30H,3,18-19H2,1-2H3. The van der Waals surface area contributed by atoms with Crippen molar-refractivity contribution in [2.75, 3.05) is 7.11 Å². The second kappa shape index (κ2) is 9.40. The summed E-state index contributed by atoms with van der Waals surface area (Å²) in [6.07, 6.45) is 2.75. The molecule has 0 aliphatic carbocycles. The zero-order chi connectivity index (χ0) is 23.5. The molecule has 0 radical (unpaired) electrons. The third kappa shape index (κ3) is 3.90. The van der Waals surface area contributed by atoms with Crippen molar-refractivity contribution < 1.29 is 4.74 Å². The molecule has 5 heteroatoms. The summed E-state index contributed by atoms with van der Waals surface area (Å²) in [7, 11) is 1.68. The molecule has 0 aliphatic rings. The van der Waals surface area contributed by atoms with Crippen LogP contribution in [0, 0.1) is 5.41 Å². The van der Waals surface area contributed by atoms with Crippen molar-refractivity contribution in [3.63, 3.8) is 0 Å². The molecule has 0 bridgehead atoms. The number of ether oxygens (including phenoxy) is 1. The first-order valence-corrected chi connectivity index (χ1v) is 11.6. The van der Waals surface area contributed by atoms with Crippen LogP contribution in [0.2, 0.25) is 0 Å². The monoisotopic (exact) mass is 448 g/mol. The fraction of sp³-hybridized carbons (Fsp3) is 0.172. The Morgan fingerprint density at radius 3 is 2.12 bits per heavy atom. The molecule has 5 nitrogen and oxygen atoms in total. The fourth-order valence-corrected chi connectivity index (χ4v) is 4.55. The lowest BCUT2D eigenvalue weighted by atomic mass is 9.99. The van der Waals surface area contributed by atoms with Crippen LogP contribution in [-0.4, -0.2) is 21.2 Å². The number of benzene rings is 3. The largest absolute Gasteiger partial charge is 0.497 e. The van der Waals surface area contributed by atoms with Gasteiger partial charge < -0.3 is 13.9 Å². The van der Waals surface area contributed by atoms with E-state index in [0.717, 1.165) is 57.7 Å². The minimum Gasteiger partial charge on any atom is -0.497 e. The zero-order valence-corrected chi connectivity index (χ0v) is 19.5. The molecular weight excluding hydrogens is 420 g/mol. The van der Waals surface area contributed by atoms with Gasteiger partial charge in [-0.05, 0) is 35.2 Å². The Labute approximate surface area is 199 Å². The van der Waals surface area contributed by atoms with E-state index in [1.165, 1.54) is 0 Å². The highest BCUT2D eigenvalue weighted by Crippen LogP contribution is 2.39. The Morgan fingerprint density at radius 2 is 1.50 bits per heavy atom. The van der Waals surface area contributed by atoms with Crippen LogP contribution in [0.15, 0.2) is 91.3 Å². The van der Waals surface area contributed by atoms with Gasteiger partial charge in [-0.3, -0.25) is 5.41 Å². The molecule has 0 amide bonds. The highest BCUT2D eigenvalue weighted by atomic mass is 16.5. The minimum absolute atomic E-state index is 0.497. The summed E-state index contributed by atoms with van der Waals surface area (Å²) < 4.78 is 9.55. The Kier molecular flexibility index (Phi) is 6.00. The van der Waals surface area contributed by atoms with Gasteiger partial charge in [-0.2, -0.15) is 0 Å². The van der Waals surface area contributed by atoms with Crippen LogP contribution in [0.25, 0.3) is 33.4 Å². The van der Waals surface area contributed by atoms with Crippen LogP contribution < -0.4 is 10.2 Å². The third-order valence-electron chi connectivity index (χ3n) is 6.15. The van der Waals surface area contributed by atoms with E-state index in [1.807, 2.05) is 35.2 Å². The number of fused-ring (bicyclic) bond motifs is 1. The van der Waals surface area contributed by atoms with Gasteiger partial charge in [0.1, 0.15) is 16.9 Å². The van der Waals surface area contributed by atoms with E-state index in [2.05, 4.69) is 72.2 Å². The number of methoxy groups -OCH3 is 1. The van der Waals surface area contributed by atoms with E-state index in [1.54, 1.807) is 7.11 Å². The quantitative estimate of drug-likeness (QED) is 0.326. The van der Waals surface area contributed by atoms with E-state index < -0.39 is 0 Å². The van der Waals surface area contributed by atoms with Crippen LogP contribution in [0.1, 0.15) is 18.9 Å². The molecule has 0 spiro atoms. The molecule has 1 N–H and O–H groups in total. The Hall–Kier alpha value is -4.12. The zero-order valence-electron chi connectivity index (χ0n) is 19.5.